The molecule has 1 saturated carbocycles. The zero-order chi connectivity index (χ0) is 12.5. The molecule has 2 aliphatic carbocycles. The van der Waals surface area contributed by atoms with Crippen LogP contribution in [0.4, 0.5) is 0 Å². The van der Waals surface area contributed by atoms with Crippen LogP contribution in [0.3, 0.4) is 0 Å². The van der Waals surface area contributed by atoms with E-state index >= 15 is 0 Å². The lowest BCUT2D eigenvalue weighted by atomic mass is 10.1. The quantitative estimate of drug-likeness (QED) is 0.907. The summed E-state index contributed by atoms with van der Waals surface area (Å²) in [6.07, 6.45) is 6.31. The van der Waals surface area contributed by atoms with Crippen molar-refractivity contribution in [3.05, 3.63) is 34.3 Å². The highest BCUT2D eigenvalue weighted by Crippen LogP contribution is 2.28. The molecule has 2 aliphatic rings. The van der Waals surface area contributed by atoms with Crippen LogP contribution in [0.5, 0.6) is 0 Å². The van der Waals surface area contributed by atoms with Crippen molar-refractivity contribution in [3.8, 4) is 0 Å². The largest absolute Gasteiger partial charge is 0.381 e. The van der Waals surface area contributed by atoms with E-state index in [0.29, 0.717) is 18.2 Å². The van der Waals surface area contributed by atoms with Crippen LogP contribution in [-0.4, -0.2) is 25.3 Å². The van der Waals surface area contributed by atoms with Crippen molar-refractivity contribution in [1.82, 2.24) is 5.32 Å². The van der Waals surface area contributed by atoms with Gasteiger partial charge in [0.2, 0.25) is 0 Å². The van der Waals surface area contributed by atoms with Crippen LogP contribution >= 0.6 is 11.6 Å². The Kier molecular flexibility index (Phi) is 3.60. The highest BCUT2D eigenvalue weighted by Gasteiger charge is 2.29. The Morgan fingerprint density at radius 2 is 2.00 bits per heavy atom. The van der Waals surface area contributed by atoms with Gasteiger partial charge in [-0.25, -0.2) is 0 Å². The summed E-state index contributed by atoms with van der Waals surface area (Å²) in [7, 11) is 1.82. The number of fused-ring (bicyclic) bond motifs is 1. The van der Waals surface area contributed by atoms with Crippen molar-refractivity contribution in [2.45, 2.75) is 50.3 Å². The third-order valence-electron chi connectivity index (χ3n) is 4.29. The van der Waals surface area contributed by atoms with E-state index in [1.807, 2.05) is 13.2 Å². The number of hydrogen-bond donors (Lipinski definition) is 1. The second-order valence-electron chi connectivity index (χ2n) is 5.55. The minimum atomic E-state index is 0.459. The van der Waals surface area contributed by atoms with Crippen LogP contribution in [0.1, 0.15) is 30.4 Å². The van der Waals surface area contributed by atoms with Crippen molar-refractivity contribution in [3.63, 3.8) is 0 Å². The van der Waals surface area contributed by atoms with Gasteiger partial charge in [-0.3, -0.25) is 0 Å². The molecule has 1 aromatic rings. The summed E-state index contributed by atoms with van der Waals surface area (Å²) in [6, 6.07) is 7.50. The average molecular weight is 266 g/mol. The first kappa shape index (κ1) is 12.5. The topological polar surface area (TPSA) is 21.3 Å². The minimum Gasteiger partial charge on any atom is -0.381 e. The number of halogens is 1. The number of methoxy groups -OCH3 is 1. The molecule has 18 heavy (non-hydrogen) atoms. The predicted octanol–water partition coefficient (Wildman–Crippen LogP) is 2.96. The Labute approximate surface area is 114 Å². The third kappa shape index (κ3) is 2.56. The lowest BCUT2D eigenvalue weighted by Gasteiger charge is -2.18. The molecule has 0 aliphatic heterocycles. The van der Waals surface area contributed by atoms with E-state index in [2.05, 4.69) is 17.4 Å². The number of benzene rings is 1. The number of nitrogens with one attached hydrogen (secondary N) is 1. The average Bonchev–Trinajstić information content (AvgIpc) is 2.95. The standard InChI is InChI=1S/C15H20ClNO/c1-18-15-5-4-13(9-15)17-14-7-10-2-3-12(16)6-11(10)8-14/h2-3,6,13-15,17H,4-5,7-9H2,1H3. The maximum Gasteiger partial charge on any atom is 0.0586 e. The summed E-state index contributed by atoms with van der Waals surface area (Å²) < 4.78 is 5.43. The van der Waals surface area contributed by atoms with Gasteiger partial charge in [-0.05, 0) is 55.4 Å². The fraction of sp³-hybridized carbons (Fsp3) is 0.600. The van der Waals surface area contributed by atoms with Gasteiger partial charge in [0.25, 0.3) is 0 Å². The van der Waals surface area contributed by atoms with Gasteiger partial charge in [0.1, 0.15) is 0 Å². The highest BCUT2D eigenvalue weighted by molar-refractivity contribution is 6.30. The molecule has 0 saturated heterocycles. The first-order valence-electron chi connectivity index (χ1n) is 6.80. The summed E-state index contributed by atoms with van der Waals surface area (Å²) >= 11 is 6.04. The van der Waals surface area contributed by atoms with Gasteiger partial charge in [0.15, 0.2) is 0 Å². The van der Waals surface area contributed by atoms with Gasteiger partial charge < -0.3 is 10.1 Å². The molecular formula is C15H20ClNO. The Hall–Kier alpha value is -0.570. The minimum absolute atomic E-state index is 0.459. The summed E-state index contributed by atoms with van der Waals surface area (Å²) in [5.74, 6) is 0. The molecule has 0 amide bonds. The van der Waals surface area contributed by atoms with Crippen LogP contribution in [-0.2, 0) is 17.6 Å². The molecule has 0 heterocycles. The van der Waals surface area contributed by atoms with Gasteiger partial charge >= 0.3 is 0 Å². The van der Waals surface area contributed by atoms with E-state index in [9.17, 15) is 0 Å². The van der Waals surface area contributed by atoms with Gasteiger partial charge in [-0.1, -0.05) is 17.7 Å². The lowest BCUT2D eigenvalue weighted by Crippen LogP contribution is -2.37. The first-order valence-corrected chi connectivity index (χ1v) is 7.18. The summed E-state index contributed by atoms with van der Waals surface area (Å²) in [4.78, 5) is 0. The van der Waals surface area contributed by atoms with Crippen molar-refractivity contribution >= 4 is 11.6 Å². The zero-order valence-corrected chi connectivity index (χ0v) is 11.5. The van der Waals surface area contributed by atoms with Crippen molar-refractivity contribution in [2.24, 2.45) is 0 Å². The second-order valence-corrected chi connectivity index (χ2v) is 5.99. The van der Waals surface area contributed by atoms with Gasteiger partial charge in [0, 0.05) is 24.2 Å². The third-order valence-corrected chi connectivity index (χ3v) is 4.53. The molecule has 0 radical (unpaired) electrons. The smallest absolute Gasteiger partial charge is 0.0586 e. The van der Waals surface area contributed by atoms with Crippen LogP contribution in [0.2, 0.25) is 5.02 Å². The predicted molar refractivity (Wildman–Crippen MR) is 74.2 cm³/mol. The molecule has 3 rings (SSSR count). The fourth-order valence-electron chi connectivity index (χ4n) is 3.34. The van der Waals surface area contributed by atoms with E-state index < -0.39 is 0 Å². The van der Waals surface area contributed by atoms with Crippen LogP contribution < -0.4 is 5.32 Å². The monoisotopic (exact) mass is 265 g/mol. The number of ether oxygens (including phenoxy) is 1. The maximum atomic E-state index is 6.04. The molecule has 1 fully saturated rings. The Bertz CT molecular complexity index is 435. The Morgan fingerprint density at radius 1 is 1.17 bits per heavy atom. The molecule has 3 atom stereocenters. The van der Waals surface area contributed by atoms with Gasteiger partial charge in [-0.2, -0.15) is 0 Å². The molecule has 3 heteroatoms. The molecule has 0 aromatic heterocycles. The van der Waals surface area contributed by atoms with Gasteiger partial charge in [-0.15, -0.1) is 0 Å². The molecule has 98 valence electrons. The van der Waals surface area contributed by atoms with Crippen LogP contribution in [0.25, 0.3) is 0 Å². The molecular weight excluding hydrogens is 246 g/mol. The molecule has 1 N–H and O–H groups in total. The Balaban J connectivity index is 1.58. The molecule has 3 unspecified atom stereocenters. The highest BCUT2D eigenvalue weighted by atomic mass is 35.5. The maximum absolute atomic E-state index is 6.04. The summed E-state index contributed by atoms with van der Waals surface area (Å²) in [6.45, 7) is 0. The molecule has 1 aromatic carbocycles. The van der Waals surface area contributed by atoms with Crippen molar-refractivity contribution in [2.75, 3.05) is 7.11 Å². The normalized spacial score (nSPS) is 30.7. The van der Waals surface area contributed by atoms with E-state index in [-0.39, 0.29) is 0 Å². The number of hydrogen-bond acceptors (Lipinski definition) is 2. The molecule has 2 nitrogen and oxygen atoms in total. The summed E-state index contributed by atoms with van der Waals surface area (Å²) in [5.41, 5.74) is 2.87. The fourth-order valence-corrected chi connectivity index (χ4v) is 3.54. The van der Waals surface area contributed by atoms with E-state index in [1.165, 1.54) is 24.0 Å². The van der Waals surface area contributed by atoms with E-state index in [4.69, 9.17) is 16.3 Å². The lowest BCUT2D eigenvalue weighted by molar-refractivity contribution is 0.106. The summed E-state index contributed by atoms with van der Waals surface area (Å²) in [5, 5.41) is 4.64. The second kappa shape index (κ2) is 5.20. The van der Waals surface area contributed by atoms with Crippen LogP contribution in [0.15, 0.2) is 18.2 Å². The van der Waals surface area contributed by atoms with E-state index in [1.54, 1.807) is 0 Å². The SMILES string of the molecule is COC1CCC(NC2Cc3ccc(Cl)cc3C2)C1. The van der Waals surface area contributed by atoms with Crippen LogP contribution in [0, 0.1) is 0 Å². The zero-order valence-electron chi connectivity index (χ0n) is 10.8. The van der Waals surface area contributed by atoms with Crippen molar-refractivity contribution in [1.29, 1.82) is 0 Å². The van der Waals surface area contributed by atoms with E-state index in [0.717, 1.165) is 24.3 Å². The molecule has 0 bridgehead atoms. The first-order chi connectivity index (χ1) is 8.74. The van der Waals surface area contributed by atoms with Crippen molar-refractivity contribution < 1.29 is 4.74 Å². The van der Waals surface area contributed by atoms with Gasteiger partial charge in [0.05, 0.1) is 6.10 Å². The number of rotatable bonds is 3. The molecule has 0 spiro atoms. The Morgan fingerprint density at radius 3 is 2.78 bits per heavy atom.